The van der Waals surface area contributed by atoms with Gasteiger partial charge in [0, 0.05) is 36.1 Å². The summed E-state index contributed by atoms with van der Waals surface area (Å²) in [4.78, 5) is 49.5. The first-order valence-corrected chi connectivity index (χ1v) is 9.68. The van der Waals surface area contributed by atoms with Crippen LogP contribution in [-0.2, 0) is 4.79 Å². The van der Waals surface area contributed by atoms with E-state index in [9.17, 15) is 24.5 Å². The second-order valence-electron chi connectivity index (χ2n) is 7.09. The zero-order chi connectivity index (χ0) is 24.1. The second-order valence-corrected chi connectivity index (χ2v) is 7.09. The molecule has 0 spiro atoms. The zero-order valence-corrected chi connectivity index (χ0v) is 17.8. The molecule has 3 aromatic rings. The van der Waals surface area contributed by atoms with Gasteiger partial charge >= 0.3 is 0 Å². The number of likely N-dealkylation sites (N-methyl/N-ethyl adjacent to an activating group) is 1. The fraction of sp³-hybridized carbons (Fsp3) is 0.130. The lowest BCUT2D eigenvalue weighted by Gasteiger charge is -2.17. The smallest absolute Gasteiger partial charge is 0.294 e. The van der Waals surface area contributed by atoms with E-state index < -0.39 is 27.9 Å². The molecule has 0 bridgehead atoms. The summed E-state index contributed by atoms with van der Waals surface area (Å²) >= 11 is 0. The molecule has 1 N–H and O–H groups in total. The van der Waals surface area contributed by atoms with E-state index in [-0.39, 0.29) is 17.9 Å². The maximum Gasteiger partial charge on any atom is 0.294 e. The van der Waals surface area contributed by atoms with E-state index >= 15 is 0 Å². The number of nitro groups is 1. The Balaban J connectivity index is 1.86. The van der Waals surface area contributed by atoms with Crippen LogP contribution in [0.2, 0.25) is 0 Å². The van der Waals surface area contributed by atoms with Crippen molar-refractivity contribution in [2.45, 2.75) is 6.92 Å². The largest absolute Gasteiger partial charge is 0.331 e. The molecule has 0 unspecified atom stereocenters. The van der Waals surface area contributed by atoms with E-state index in [1.807, 2.05) is 0 Å². The lowest BCUT2D eigenvalue weighted by molar-refractivity contribution is -0.384. The Morgan fingerprint density at radius 2 is 1.94 bits per heavy atom. The highest BCUT2D eigenvalue weighted by molar-refractivity contribution is 5.98. The molecule has 0 aliphatic heterocycles. The monoisotopic (exact) mass is 445 g/mol. The van der Waals surface area contributed by atoms with E-state index in [1.165, 1.54) is 25.2 Å². The molecule has 3 rings (SSSR count). The minimum absolute atomic E-state index is 0.0999. The minimum Gasteiger partial charge on any atom is -0.331 e. The number of anilines is 1. The van der Waals surface area contributed by atoms with E-state index in [4.69, 9.17) is 6.42 Å². The van der Waals surface area contributed by atoms with Crippen LogP contribution < -0.4 is 10.7 Å². The van der Waals surface area contributed by atoms with Crippen molar-refractivity contribution < 1.29 is 14.5 Å². The Hall–Kier alpha value is -4.78. The van der Waals surface area contributed by atoms with Gasteiger partial charge in [-0.1, -0.05) is 24.1 Å². The van der Waals surface area contributed by atoms with Crippen LogP contribution in [0.25, 0.3) is 5.69 Å². The number of aryl methyl sites for hydroxylation is 1. The van der Waals surface area contributed by atoms with Gasteiger partial charge in [-0.05, 0) is 31.2 Å². The van der Waals surface area contributed by atoms with Gasteiger partial charge in [0.05, 0.1) is 11.5 Å². The molecule has 0 radical (unpaired) electrons. The fourth-order valence-corrected chi connectivity index (χ4v) is 3.09. The molecule has 1 aromatic heterocycles. The Morgan fingerprint density at radius 3 is 2.64 bits per heavy atom. The molecule has 2 amide bonds. The van der Waals surface area contributed by atoms with Crippen LogP contribution in [0.15, 0.2) is 59.4 Å². The first kappa shape index (κ1) is 22.9. The predicted octanol–water partition coefficient (Wildman–Crippen LogP) is 2.14. The summed E-state index contributed by atoms with van der Waals surface area (Å²) in [5.74, 6) is 1.14. The van der Waals surface area contributed by atoms with Gasteiger partial charge in [-0.3, -0.25) is 24.5 Å². The van der Waals surface area contributed by atoms with Crippen molar-refractivity contribution in [1.29, 1.82) is 0 Å². The fourth-order valence-electron chi connectivity index (χ4n) is 3.09. The zero-order valence-electron chi connectivity index (χ0n) is 17.8. The average molecular weight is 445 g/mol. The van der Waals surface area contributed by atoms with Gasteiger partial charge in [-0.25, -0.2) is 4.68 Å². The lowest BCUT2D eigenvalue weighted by atomic mass is 10.2. The van der Waals surface area contributed by atoms with Gasteiger partial charge in [0.2, 0.25) is 11.3 Å². The number of carbonyl (C=O) groups is 2. The van der Waals surface area contributed by atoms with Crippen molar-refractivity contribution in [3.8, 4) is 18.0 Å². The van der Waals surface area contributed by atoms with E-state index in [1.54, 1.807) is 37.3 Å². The van der Waals surface area contributed by atoms with Crippen molar-refractivity contribution in [2.24, 2.45) is 0 Å². The van der Waals surface area contributed by atoms with Crippen LogP contribution >= 0.6 is 0 Å². The number of rotatable bonds is 6. The number of amides is 2. The molecule has 1 heterocycles. The number of aromatic nitrogens is 2. The Morgan fingerprint density at radius 1 is 1.21 bits per heavy atom. The molecular weight excluding hydrogens is 426 g/mol. The maximum atomic E-state index is 12.9. The van der Waals surface area contributed by atoms with Crippen molar-refractivity contribution in [3.05, 3.63) is 91.9 Å². The molecule has 33 heavy (non-hydrogen) atoms. The number of terminal acetylenes is 1. The van der Waals surface area contributed by atoms with Gasteiger partial charge in [0.25, 0.3) is 11.6 Å². The first-order valence-electron chi connectivity index (χ1n) is 9.68. The quantitative estimate of drug-likeness (QED) is 0.352. The van der Waals surface area contributed by atoms with Crippen LogP contribution in [0.5, 0.6) is 0 Å². The van der Waals surface area contributed by atoms with Gasteiger partial charge in [-0.15, -0.1) is 6.42 Å². The van der Waals surface area contributed by atoms with Crippen LogP contribution in [0.4, 0.5) is 11.4 Å². The minimum atomic E-state index is -0.806. The Labute approximate surface area is 188 Å². The lowest BCUT2D eigenvalue weighted by Crippen LogP contribution is -2.38. The molecule has 0 atom stereocenters. The number of nitro benzene ring substituents is 1. The van der Waals surface area contributed by atoms with E-state index in [2.05, 4.69) is 16.3 Å². The van der Waals surface area contributed by atoms with Crippen LogP contribution in [0.3, 0.4) is 0 Å². The molecular formula is C23H19N5O5. The van der Waals surface area contributed by atoms with Gasteiger partial charge in [-0.2, -0.15) is 5.10 Å². The normalized spacial score (nSPS) is 10.2. The van der Waals surface area contributed by atoms with E-state index in [0.29, 0.717) is 16.9 Å². The number of carbonyl (C=O) groups excluding carboxylic acids is 2. The summed E-state index contributed by atoms with van der Waals surface area (Å²) in [6, 6.07) is 13.6. The molecule has 2 aromatic carbocycles. The summed E-state index contributed by atoms with van der Waals surface area (Å²) in [5, 5.41) is 18.1. The van der Waals surface area contributed by atoms with Crippen LogP contribution in [-0.4, -0.2) is 45.0 Å². The Bertz CT molecular complexity index is 1360. The second kappa shape index (κ2) is 9.57. The number of hydrogen-bond donors (Lipinski definition) is 1. The standard InChI is InChI=1S/C23H19N5O5/c1-4-16-8-7-9-17(13-16)24-21(30)14-26(3)23(31)22-20(29)12-15(2)27(25-22)18-10-5-6-11-19(18)28(32)33/h1,5-13H,14H2,2-3H3,(H,24,30). The number of hydrogen-bond acceptors (Lipinski definition) is 6. The Kier molecular flexibility index (Phi) is 6.64. The SMILES string of the molecule is C#Cc1cccc(NC(=O)CN(C)C(=O)c2nn(-c3ccccc3[N+](=O)[O-])c(C)cc2=O)c1. The maximum absolute atomic E-state index is 12.9. The summed E-state index contributed by atoms with van der Waals surface area (Å²) in [6.45, 7) is 1.18. The molecule has 166 valence electrons. The molecule has 10 nitrogen and oxygen atoms in total. The van der Waals surface area contributed by atoms with E-state index in [0.717, 1.165) is 15.6 Å². The highest BCUT2D eigenvalue weighted by atomic mass is 16.6. The highest BCUT2D eigenvalue weighted by Crippen LogP contribution is 2.22. The topological polar surface area (TPSA) is 127 Å². The highest BCUT2D eigenvalue weighted by Gasteiger charge is 2.23. The molecule has 0 aliphatic carbocycles. The third-order valence-corrected chi connectivity index (χ3v) is 4.66. The van der Waals surface area contributed by atoms with Crippen molar-refractivity contribution in [3.63, 3.8) is 0 Å². The first-order chi connectivity index (χ1) is 15.7. The molecule has 0 fully saturated rings. The van der Waals surface area contributed by atoms with Gasteiger partial charge < -0.3 is 10.2 Å². The molecule has 0 saturated carbocycles. The summed E-state index contributed by atoms with van der Waals surface area (Å²) in [6.07, 6.45) is 5.35. The van der Waals surface area contributed by atoms with Gasteiger partial charge in [0.1, 0.15) is 5.69 Å². The molecule has 0 aliphatic rings. The third-order valence-electron chi connectivity index (χ3n) is 4.66. The average Bonchev–Trinajstić information content (AvgIpc) is 2.78. The summed E-state index contributed by atoms with van der Waals surface area (Å²) in [5.41, 5.74) is 0.0735. The predicted molar refractivity (Wildman–Crippen MR) is 121 cm³/mol. The van der Waals surface area contributed by atoms with Crippen molar-refractivity contribution in [1.82, 2.24) is 14.7 Å². The van der Waals surface area contributed by atoms with Crippen LogP contribution in [0, 0.1) is 29.4 Å². The van der Waals surface area contributed by atoms with Crippen LogP contribution in [0.1, 0.15) is 21.7 Å². The third kappa shape index (κ3) is 5.11. The molecule has 0 saturated heterocycles. The number of para-hydroxylation sites is 2. The number of nitrogens with one attached hydrogen (secondary N) is 1. The van der Waals surface area contributed by atoms with Crippen molar-refractivity contribution in [2.75, 3.05) is 18.9 Å². The molecule has 10 heteroatoms. The number of nitrogens with zero attached hydrogens (tertiary/aromatic N) is 4. The van der Waals surface area contributed by atoms with Crippen molar-refractivity contribution >= 4 is 23.2 Å². The van der Waals surface area contributed by atoms with Gasteiger partial charge in [0.15, 0.2) is 5.69 Å². The summed E-state index contributed by atoms with van der Waals surface area (Å²) in [7, 11) is 1.34. The number of benzene rings is 2. The summed E-state index contributed by atoms with van der Waals surface area (Å²) < 4.78 is 1.16.